The van der Waals surface area contributed by atoms with Gasteiger partial charge in [0.05, 0.1) is 5.75 Å². The Kier molecular flexibility index (Phi) is 6.03. The molecule has 0 bridgehead atoms. The Bertz CT molecular complexity index is 949. The van der Waals surface area contributed by atoms with E-state index in [4.69, 9.17) is 13.9 Å². The number of hydrogen-bond donors (Lipinski definition) is 1. The maximum atomic E-state index is 12.0. The molecule has 7 nitrogen and oxygen atoms in total. The van der Waals surface area contributed by atoms with Gasteiger partial charge in [0.2, 0.25) is 18.6 Å². The van der Waals surface area contributed by atoms with Gasteiger partial charge in [-0.2, -0.15) is 0 Å². The SMILES string of the molecule is O=C(CSc1nnc(-c2ccc3c(c2)OCO3)o1)NCCSc1ccccc1. The highest BCUT2D eigenvalue weighted by Crippen LogP contribution is 2.35. The number of nitrogens with zero attached hydrogens (tertiary/aromatic N) is 2. The normalized spacial score (nSPS) is 12.1. The molecule has 0 aliphatic carbocycles. The summed E-state index contributed by atoms with van der Waals surface area (Å²) in [6.07, 6.45) is 0. The molecule has 1 aliphatic heterocycles. The topological polar surface area (TPSA) is 86.5 Å². The summed E-state index contributed by atoms with van der Waals surface area (Å²) in [4.78, 5) is 13.2. The van der Waals surface area contributed by atoms with Gasteiger partial charge in [-0.3, -0.25) is 4.79 Å². The minimum atomic E-state index is -0.0681. The molecule has 0 atom stereocenters. The average Bonchev–Trinajstić information content (AvgIpc) is 3.39. The molecule has 1 aromatic heterocycles. The number of nitrogens with one attached hydrogen (secondary N) is 1. The van der Waals surface area contributed by atoms with E-state index in [9.17, 15) is 4.79 Å². The highest BCUT2D eigenvalue weighted by Gasteiger charge is 2.17. The lowest BCUT2D eigenvalue weighted by molar-refractivity contribution is -0.118. The van der Waals surface area contributed by atoms with Gasteiger partial charge in [-0.25, -0.2) is 0 Å². The molecule has 0 fully saturated rings. The van der Waals surface area contributed by atoms with Crippen molar-refractivity contribution >= 4 is 29.4 Å². The van der Waals surface area contributed by atoms with E-state index in [0.29, 0.717) is 29.2 Å². The molecule has 0 saturated heterocycles. The van der Waals surface area contributed by atoms with Crippen molar-refractivity contribution in [3.63, 3.8) is 0 Å². The summed E-state index contributed by atoms with van der Waals surface area (Å²) < 4.78 is 16.3. The molecule has 1 amide bonds. The van der Waals surface area contributed by atoms with E-state index in [1.165, 1.54) is 16.7 Å². The summed E-state index contributed by atoms with van der Waals surface area (Å²) in [5.41, 5.74) is 0.742. The number of aromatic nitrogens is 2. The van der Waals surface area contributed by atoms with Crippen molar-refractivity contribution in [2.75, 3.05) is 24.8 Å². The lowest BCUT2D eigenvalue weighted by Crippen LogP contribution is -2.27. The van der Waals surface area contributed by atoms with Crippen molar-refractivity contribution in [1.29, 1.82) is 0 Å². The Morgan fingerprint density at radius 2 is 1.89 bits per heavy atom. The van der Waals surface area contributed by atoms with Crippen LogP contribution in [0.25, 0.3) is 11.5 Å². The summed E-state index contributed by atoms with van der Waals surface area (Å²) in [6, 6.07) is 15.5. The smallest absolute Gasteiger partial charge is 0.277 e. The van der Waals surface area contributed by atoms with E-state index >= 15 is 0 Å². The van der Waals surface area contributed by atoms with Gasteiger partial charge < -0.3 is 19.2 Å². The molecule has 28 heavy (non-hydrogen) atoms. The first-order valence-corrected chi connectivity index (χ1v) is 10.6. The second-order valence-electron chi connectivity index (χ2n) is 5.74. The Labute approximate surface area is 170 Å². The summed E-state index contributed by atoms with van der Waals surface area (Å²) in [7, 11) is 0. The van der Waals surface area contributed by atoms with Crippen LogP contribution in [0.5, 0.6) is 11.5 Å². The number of rotatable bonds is 8. The van der Waals surface area contributed by atoms with Gasteiger partial charge in [0.15, 0.2) is 11.5 Å². The van der Waals surface area contributed by atoms with Crippen molar-refractivity contribution in [2.45, 2.75) is 10.1 Å². The van der Waals surface area contributed by atoms with E-state index in [1.807, 2.05) is 24.3 Å². The standard InChI is InChI=1S/C19H17N3O4S2/c23-17(20-8-9-27-14-4-2-1-3-5-14)11-28-19-22-21-18(26-19)13-6-7-15-16(10-13)25-12-24-15/h1-7,10H,8-9,11-12H2,(H,20,23). The molecule has 2 heterocycles. The van der Waals surface area contributed by atoms with E-state index in [-0.39, 0.29) is 18.5 Å². The van der Waals surface area contributed by atoms with Crippen LogP contribution in [0.4, 0.5) is 0 Å². The van der Waals surface area contributed by atoms with Crippen LogP contribution in [0, 0.1) is 0 Å². The number of carbonyl (C=O) groups excluding carboxylic acids is 1. The van der Waals surface area contributed by atoms with Gasteiger partial charge in [-0.05, 0) is 30.3 Å². The van der Waals surface area contributed by atoms with Crippen molar-refractivity contribution < 1.29 is 18.7 Å². The molecular weight excluding hydrogens is 398 g/mol. The lowest BCUT2D eigenvalue weighted by Gasteiger charge is -2.04. The summed E-state index contributed by atoms with van der Waals surface area (Å²) >= 11 is 2.91. The van der Waals surface area contributed by atoms with Gasteiger partial charge in [0.25, 0.3) is 5.22 Å². The number of benzene rings is 2. The number of hydrogen-bond acceptors (Lipinski definition) is 8. The van der Waals surface area contributed by atoms with Crippen LogP contribution in [-0.2, 0) is 4.79 Å². The van der Waals surface area contributed by atoms with Crippen LogP contribution < -0.4 is 14.8 Å². The Balaban J connectivity index is 1.21. The van der Waals surface area contributed by atoms with Gasteiger partial charge >= 0.3 is 0 Å². The van der Waals surface area contributed by atoms with E-state index in [0.717, 1.165) is 11.3 Å². The number of thioether (sulfide) groups is 2. The molecule has 144 valence electrons. The van der Waals surface area contributed by atoms with Crippen LogP contribution in [0.15, 0.2) is 63.1 Å². The fraction of sp³-hybridized carbons (Fsp3) is 0.211. The minimum absolute atomic E-state index is 0.0681. The molecule has 0 unspecified atom stereocenters. The van der Waals surface area contributed by atoms with E-state index in [2.05, 4.69) is 27.6 Å². The second-order valence-corrected chi connectivity index (χ2v) is 7.84. The molecule has 0 saturated carbocycles. The summed E-state index contributed by atoms with van der Waals surface area (Å²) in [5, 5.41) is 11.3. The van der Waals surface area contributed by atoms with Crippen LogP contribution in [0.2, 0.25) is 0 Å². The van der Waals surface area contributed by atoms with Gasteiger partial charge in [-0.15, -0.1) is 22.0 Å². The predicted molar refractivity (Wildman–Crippen MR) is 107 cm³/mol. The molecule has 1 aliphatic rings. The lowest BCUT2D eigenvalue weighted by atomic mass is 10.2. The van der Waals surface area contributed by atoms with Crippen molar-refractivity contribution in [3.8, 4) is 23.0 Å². The number of amides is 1. The average molecular weight is 415 g/mol. The zero-order chi connectivity index (χ0) is 19.2. The van der Waals surface area contributed by atoms with Gasteiger partial charge in [-0.1, -0.05) is 30.0 Å². The van der Waals surface area contributed by atoms with Gasteiger partial charge in [0, 0.05) is 22.8 Å². The Morgan fingerprint density at radius 3 is 2.79 bits per heavy atom. The summed E-state index contributed by atoms with van der Waals surface area (Å²) in [6.45, 7) is 0.813. The van der Waals surface area contributed by atoms with Crippen LogP contribution in [0.1, 0.15) is 0 Å². The molecule has 1 N–H and O–H groups in total. The Hall–Kier alpha value is -2.65. The predicted octanol–water partition coefficient (Wildman–Crippen LogP) is 3.47. The first kappa shape index (κ1) is 18.7. The second kappa shape index (κ2) is 9.03. The highest BCUT2D eigenvalue weighted by atomic mass is 32.2. The number of fused-ring (bicyclic) bond motifs is 1. The monoisotopic (exact) mass is 415 g/mol. The fourth-order valence-corrected chi connectivity index (χ4v) is 3.85. The minimum Gasteiger partial charge on any atom is -0.454 e. The number of carbonyl (C=O) groups is 1. The maximum absolute atomic E-state index is 12.0. The zero-order valence-electron chi connectivity index (χ0n) is 14.8. The van der Waals surface area contributed by atoms with Crippen molar-refractivity contribution in [2.24, 2.45) is 0 Å². The quantitative estimate of drug-likeness (QED) is 0.442. The van der Waals surface area contributed by atoms with Crippen molar-refractivity contribution in [1.82, 2.24) is 15.5 Å². The third-order valence-electron chi connectivity index (χ3n) is 3.79. The highest BCUT2D eigenvalue weighted by molar-refractivity contribution is 7.99. The molecular formula is C19H17N3O4S2. The maximum Gasteiger partial charge on any atom is 0.277 e. The van der Waals surface area contributed by atoms with E-state index < -0.39 is 0 Å². The molecule has 2 aromatic carbocycles. The molecule has 4 rings (SSSR count). The van der Waals surface area contributed by atoms with Crippen LogP contribution in [-0.4, -0.2) is 40.9 Å². The molecule has 0 radical (unpaired) electrons. The van der Waals surface area contributed by atoms with Crippen molar-refractivity contribution in [3.05, 3.63) is 48.5 Å². The van der Waals surface area contributed by atoms with Crippen LogP contribution >= 0.6 is 23.5 Å². The first-order chi connectivity index (χ1) is 13.8. The third kappa shape index (κ3) is 4.79. The molecule has 0 spiro atoms. The van der Waals surface area contributed by atoms with E-state index in [1.54, 1.807) is 23.9 Å². The molecule has 3 aromatic rings. The first-order valence-electron chi connectivity index (χ1n) is 8.59. The Morgan fingerprint density at radius 1 is 1.04 bits per heavy atom. The van der Waals surface area contributed by atoms with Crippen LogP contribution in [0.3, 0.4) is 0 Å². The van der Waals surface area contributed by atoms with Gasteiger partial charge in [0.1, 0.15) is 0 Å². The molecule has 9 heteroatoms. The fourth-order valence-electron chi connectivity index (χ4n) is 2.47. The number of ether oxygens (including phenoxy) is 2. The third-order valence-corrected chi connectivity index (χ3v) is 5.62. The zero-order valence-corrected chi connectivity index (χ0v) is 16.4. The largest absolute Gasteiger partial charge is 0.454 e. The summed E-state index contributed by atoms with van der Waals surface area (Å²) in [5.74, 6) is 2.69.